The minimum Gasteiger partial charge on any atom is -0.393 e. The number of thioether (sulfide) groups is 1. The third-order valence-electron chi connectivity index (χ3n) is 9.26. The first-order valence-corrected chi connectivity index (χ1v) is 17.1. The maximum absolute atomic E-state index is 12.1. The summed E-state index contributed by atoms with van der Waals surface area (Å²) in [5.74, 6) is 2.76. The summed E-state index contributed by atoms with van der Waals surface area (Å²) in [6.07, 6.45) is 13.2. The lowest BCUT2D eigenvalue weighted by Crippen LogP contribution is -2.24. The van der Waals surface area contributed by atoms with Crippen LogP contribution in [0.15, 0.2) is 64.5 Å². The molecule has 0 saturated heterocycles. The number of carbonyl (C=O) groups excluding carboxylic acids is 1. The molecule has 1 atom stereocenters. The van der Waals surface area contributed by atoms with Crippen molar-refractivity contribution in [2.24, 2.45) is 10.9 Å². The van der Waals surface area contributed by atoms with Crippen molar-refractivity contribution in [3.63, 3.8) is 0 Å². The van der Waals surface area contributed by atoms with Crippen molar-refractivity contribution < 1.29 is 9.90 Å². The van der Waals surface area contributed by atoms with Crippen LogP contribution in [0.1, 0.15) is 105 Å². The second-order valence-corrected chi connectivity index (χ2v) is 13.7. The summed E-state index contributed by atoms with van der Waals surface area (Å²) in [4.78, 5) is 28.3. The van der Waals surface area contributed by atoms with E-state index in [1.165, 1.54) is 28.0 Å². The molecule has 7 heteroatoms. The number of benzene rings is 2. The zero-order valence-corrected chi connectivity index (χ0v) is 26.0. The predicted octanol–water partition coefficient (Wildman–Crippen LogP) is 8.20. The largest absolute Gasteiger partial charge is 0.393 e. The fourth-order valence-electron chi connectivity index (χ4n) is 6.69. The lowest BCUT2D eigenvalue weighted by Gasteiger charge is -2.25. The molecule has 0 amide bonds. The highest BCUT2D eigenvalue weighted by molar-refractivity contribution is 8.14. The summed E-state index contributed by atoms with van der Waals surface area (Å²) in [6.45, 7) is 0.815. The van der Waals surface area contributed by atoms with E-state index >= 15 is 0 Å². The van der Waals surface area contributed by atoms with E-state index in [9.17, 15) is 9.90 Å². The molecule has 0 bridgehead atoms. The van der Waals surface area contributed by atoms with Crippen molar-refractivity contribution in [3.8, 4) is 0 Å². The monoisotopic (exact) mass is 596 g/mol. The standard InChI is InChI=1S/C36H44N4O2S/c41-31-11-5-4-9-27(17-20-31)29-16-15-28-10-6-12-35(43-33(28)22-29)39-34-23-30(21-25-7-2-1-3-8-25)38-36(40-34)37-24-26-13-18-32(42)19-14-26/h1-3,7-8,15-16,22-23,26-27,32,42H,4-6,9-14,17-21,24H2,(H,37,38,40). The zero-order valence-electron chi connectivity index (χ0n) is 25.1. The van der Waals surface area contributed by atoms with Crippen LogP contribution in [0.2, 0.25) is 0 Å². The van der Waals surface area contributed by atoms with E-state index in [0.29, 0.717) is 35.8 Å². The van der Waals surface area contributed by atoms with Crippen LogP contribution < -0.4 is 5.32 Å². The second-order valence-electron chi connectivity index (χ2n) is 12.6. The van der Waals surface area contributed by atoms with Crippen molar-refractivity contribution in [2.45, 2.75) is 107 Å². The number of fused-ring (bicyclic) bond motifs is 1. The van der Waals surface area contributed by atoms with Crippen LogP contribution in [-0.4, -0.2) is 38.6 Å². The van der Waals surface area contributed by atoms with Gasteiger partial charge in [-0.15, -0.1) is 0 Å². The molecule has 0 spiro atoms. The number of anilines is 1. The number of hydrogen-bond acceptors (Lipinski definition) is 7. The first kappa shape index (κ1) is 30.0. The van der Waals surface area contributed by atoms with Gasteiger partial charge in [-0.1, -0.05) is 60.6 Å². The molecule has 6 rings (SSSR count). The highest BCUT2D eigenvalue weighted by Gasteiger charge is 2.21. The van der Waals surface area contributed by atoms with E-state index in [4.69, 9.17) is 15.0 Å². The first-order valence-electron chi connectivity index (χ1n) is 16.3. The third-order valence-corrected chi connectivity index (χ3v) is 10.4. The highest BCUT2D eigenvalue weighted by atomic mass is 32.2. The van der Waals surface area contributed by atoms with Gasteiger partial charge in [-0.2, -0.15) is 4.98 Å². The van der Waals surface area contributed by atoms with Crippen LogP contribution in [0, 0.1) is 5.92 Å². The summed E-state index contributed by atoms with van der Waals surface area (Å²) in [5.41, 5.74) is 4.94. The van der Waals surface area contributed by atoms with E-state index in [0.717, 1.165) is 94.3 Å². The number of nitrogens with zero attached hydrogens (tertiary/aromatic N) is 3. The number of hydrogen-bond donors (Lipinski definition) is 2. The molecular formula is C36H44N4O2S. The molecule has 2 heterocycles. The Morgan fingerprint density at radius 3 is 2.58 bits per heavy atom. The molecule has 0 radical (unpaired) electrons. The van der Waals surface area contributed by atoms with Gasteiger partial charge in [0, 0.05) is 36.8 Å². The van der Waals surface area contributed by atoms with Crippen LogP contribution >= 0.6 is 11.8 Å². The second kappa shape index (κ2) is 14.6. The normalized spacial score (nSPS) is 24.1. The van der Waals surface area contributed by atoms with Crippen molar-refractivity contribution in [2.75, 3.05) is 11.9 Å². The summed E-state index contributed by atoms with van der Waals surface area (Å²) in [5, 5.41) is 14.5. The van der Waals surface area contributed by atoms with Crippen LogP contribution in [0.4, 0.5) is 11.8 Å². The third kappa shape index (κ3) is 8.54. The van der Waals surface area contributed by atoms with E-state index in [1.807, 2.05) is 12.1 Å². The number of ketones is 1. The van der Waals surface area contributed by atoms with Crippen molar-refractivity contribution >= 4 is 34.4 Å². The number of rotatable bonds is 7. The highest BCUT2D eigenvalue weighted by Crippen LogP contribution is 2.37. The molecule has 6 nitrogen and oxygen atoms in total. The Hall–Kier alpha value is -3.03. The summed E-state index contributed by atoms with van der Waals surface area (Å²) < 4.78 is 0. The topological polar surface area (TPSA) is 87.5 Å². The number of Topliss-reactive ketones (excluding diaryl/α,β-unsaturated/α-hetero) is 1. The van der Waals surface area contributed by atoms with E-state index in [1.54, 1.807) is 11.8 Å². The van der Waals surface area contributed by atoms with Crippen molar-refractivity contribution in [1.29, 1.82) is 0 Å². The molecule has 2 aromatic carbocycles. The number of aliphatic hydroxyl groups excluding tert-OH is 1. The van der Waals surface area contributed by atoms with Crippen LogP contribution in [0.25, 0.3) is 0 Å². The quantitative estimate of drug-likeness (QED) is 0.286. The average Bonchev–Trinajstić information content (AvgIpc) is 3.20. The smallest absolute Gasteiger partial charge is 0.224 e. The van der Waals surface area contributed by atoms with Gasteiger partial charge in [-0.3, -0.25) is 4.79 Å². The molecule has 3 aliphatic rings. The minimum absolute atomic E-state index is 0.150. The number of nitrogens with one attached hydrogen (secondary N) is 1. The van der Waals surface area contributed by atoms with Gasteiger partial charge >= 0.3 is 0 Å². The van der Waals surface area contributed by atoms with E-state index in [2.05, 4.69) is 47.8 Å². The Kier molecular flexibility index (Phi) is 10.2. The number of aromatic nitrogens is 2. The van der Waals surface area contributed by atoms with Crippen molar-refractivity contribution in [1.82, 2.24) is 9.97 Å². The summed E-state index contributed by atoms with van der Waals surface area (Å²) >= 11 is 1.79. The fourth-order valence-corrected chi connectivity index (χ4v) is 7.83. The molecule has 43 heavy (non-hydrogen) atoms. The lowest BCUT2D eigenvalue weighted by atomic mass is 9.85. The SMILES string of the molecule is O=C1CCCCC(c2ccc3c(c2)SC(=Nc2cc(Cc4ccccc4)nc(NCC4CCC(O)CC4)n2)CCC3)CC1. The predicted molar refractivity (Wildman–Crippen MR) is 176 cm³/mol. The molecule has 2 aliphatic carbocycles. The Bertz CT molecular complexity index is 1420. The van der Waals surface area contributed by atoms with Crippen molar-refractivity contribution in [3.05, 3.63) is 77.0 Å². The van der Waals surface area contributed by atoms with Gasteiger partial charge in [-0.25, -0.2) is 9.98 Å². The average molecular weight is 597 g/mol. The minimum atomic E-state index is -0.150. The molecule has 1 aliphatic heterocycles. The number of aliphatic hydroxyl groups is 1. The van der Waals surface area contributed by atoms with Gasteiger partial charge < -0.3 is 10.4 Å². The summed E-state index contributed by atoms with van der Waals surface area (Å²) in [6, 6.07) is 19.5. The van der Waals surface area contributed by atoms with Crippen LogP contribution in [0.5, 0.6) is 0 Å². The molecule has 1 aromatic heterocycles. The first-order chi connectivity index (χ1) is 21.1. The van der Waals surface area contributed by atoms with E-state index in [-0.39, 0.29) is 6.10 Å². The lowest BCUT2D eigenvalue weighted by molar-refractivity contribution is -0.119. The molecule has 2 fully saturated rings. The molecule has 226 valence electrons. The van der Waals surface area contributed by atoms with E-state index < -0.39 is 0 Å². The van der Waals surface area contributed by atoms with Gasteiger partial charge in [0.2, 0.25) is 5.95 Å². The van der Waals surface area contributed by atoms with Gasteiger partial charge in [0.25, 0.3) is 0 Å². The van der Waals surface area contributed by atoms with Gasteiger partial charge in [-0.05, 0) is 98.8 Å². The maximum atomic E-state index is 12.1. The fraction of sp³-hybridized carbons (Fsp3) is 0.500. The molecule has 2 N–H and O–H groups in total. The van der Waals surface area contributed by atoms with Crippen LogP contribution in [-0.2, 0) is 17.6 Å². The summed E-state index contributed by atoms with van der Waals surface area (Å²) in [7, 11) is 0. The molecular weight excluding hydrogens is 552 g/mol. The van der Waals surface area contributed by atoms with Gasteiger partial charge in [0.15, 0.2) is 5.82 Å². The number of aliphatic imine (C=N–C) groups is 1. The van der Waals surface area contributed by atoms with Gasteiger partial charge in [0.05, 0.1) is 16.8 Å². The van der Waals surface area contributed by atoms with Crippen LogP contribution in [0.3, 0.4) is 0 Å². The molecule has 3 aromatic rings. The molecule has 1 unspecified atom stereocenters. The zero-order chi connectivity index (χ0) is 29.4. The number of carbonyl (C=O) groups is 1. The Labute approximate surface area is 260 Å². The Morgan fingerprint density at radius 1 is 0.860 bits per heavy atom. The number of aryl methyl sites for hydroxylation is 1. The Morgan fingerprint density at radius 2 is 1.72 bits per heavy atom. The Balaban J connectivity index is 1.23. The maximum Gasteiger partial charge on any atom is 0.224 e. The van der Waals surface area contributed by atoms with Gasteiger partial charge in [0.1, 0.15) is 5.78 Å². The molecule has 2 saturated carbocycles.